The van der Waals surface area contributed by atoms with E-state index in [4.69, 9.17) is 4.42 Å². The molecule has 4 rings (SSSR count). The number of aromatic nitrogens is 1. The maximum atomic E-state index is 13.3. The molecule has 0 atom stereocenters. The van der Waals surface area contributed by atoms with E-state index in [1.54, 1.807) is 17.0 Å². The van der Waals surface area contributed by atoms with E-state index in [0.29, 0.717) is 31.9 Å². The molecule has 0 aliphatic carbocycles. The summed E-state index contributed by atoms with van der Waals surface area (Å²) in [6.07, 6.45) is 2.26. The predicted molar refractivity (Wildman–Crippen MR) is 103 cm³/mol. The van der Waals surface area contributed by atoms with Crippen molar-refractivity contribution in [3.05, 3.63) is 59.7 Å². The van der Waals surface area contributed by atoms with Crippen LogP contribution < -0.4 is 0 Å². The van der Waals surface area contributed by atoms with Gasteiger partial charge in [-0.25, -0.2) is 0 Å². The normalized spacial score (nSPS) is 15.2. The van der Waals surface area contributed by atoms with Crippen LogP contribution in [0.2, 0.25) is 0 Å². The van der Waals surface area contributed by atoms with Crippen LogP contribution in [0.4, 0.5) is 0 Å². The van der Waals surface area contributed by atoms with Crippen LogP contribution in [0.25, 0.3) is 10.9 Å². The number of amides is 2. The molecule has 140 valence electrons. The van der Waals surface area contributed by atoms with Gasteiger partial charge >= 0.3 is 0 Å². The summed E-state index contributed by atoms with van der Waals surface area (Å²) in [4.78, 5) is 29.4. The van der Waals surface area contributed by atoms with Crippen LogP contribution in [0.1, 0.15) is 33.0 Å². The molecule has 3 aromatic rings. The molecule has 1 aliphatic rings. The van der Waals surface area contributed by atoms with E-state index in [-0.39, 0.29) is 11.8 Å². The van der Waals surface area contributed by atoms with E-state index in [0.717, 1.165) is 28.6 Å². The number of nitrogens with zero attached hydrogens (tertiary/aromatic N) is 3. The maximum absolute atomic E-state index is 13.3. The second-order valence-corrected chi connectivity index (χ2v) is 6.95. The van der Waals surface area contributed by atoms with Crippen LogP contribution in [0.5, 0.6) is 0 Å². The standard InChI is InChI=1S/C21H23N3O3/c1-15-19(16-7-3-4-8-17(16)22(15)2)21(26)24-11-6-10-23(12-13-24)20(25)18-9-5-14-27-18/h3-5,7-9,14H,6,10-13H2,1-2H3. The van der Waals surface area contributed by atoms with Gasteiger partial charge in [-0.05, 0) is 31.5 Å². The number of hydrogen-bond acceptors (Lipinski definition) is 3. The summed E-state index contributed by atoms with van der Waals surface area (Å²) in [6, 6.07) is 11.4. The highest BCUT2D eigenvalue weighted by atomic mass is 16.3. The lowest BCUT2D eigenvalue weighted by atomic mass is 10.1. The fourth-order valence-corrected chi connectivity index (χ4v) is 3.83. The lowest BCUT2D eigenvalue weighted by Crippen LogP contribution is -2.37. The van der Waals surface area contributed by atoms with Gasteiger partial charge in [-0.3, -0.25) is 9.59 Å². The first-order chi connectivity index (χ1) is 13.1. The highest BCUT2D eigenvalue weighted by molar-refractivity contribution is 6.08. The summed E-state index contributed by atoms with van der Waals surface area (Å²) in [6.45, 7) is 4.28. The molecule has 0 unspecified atom stereocenters. The van der Waals surface area contributed by atoms with Gasteiger partial charge in [0, 0.05) is 49.8 Å². The lowest BCUT2D eigenvalue weighted by Gasteiger charge is -2.22. The molecule has 3 heterocycles. The van der Waals surface area contributed by atoms with Crippen LogP contribution in [0, 0.1) is 6.92 Å². The Morgan fingerprint density at radius 2 is 1.63 bits per heavy atom. The molecule has 1 fully saturated rings. The summed E-state index contributed by atoms with van der Waals surface area (Å²) in [5, 5.41) is 0.982. The monoisotopic (exact) mass is 365 g/mol. The smallest absolute Gasteiger partial charge is 0.289 e. The van der Waals surface area contributed by atoms with Gasteiger partial charge in [0.25, 0.3) is 11.8 Å². The summed E-state index contributed by atoms with van der Waals surface area (Å²) < 4.78 is 7.29. The Labute approximate surface area is 158 Å². The molecule has 2 amide bonds. The van der Waals surface area contributed by atoms with Gasteiger partial charge in [-0.1, -0.05) is 18.2 Å². The molecular weight excluding hydrogens is 342 g/mol. The SMILES string of the molecule is Cc1c(C(=O)N2CCCN(C(=O)c3ccco3)CC2)c2ccccc2n1C. The van der Waals surface area contributed by atoms with Gasteiger partial charge in [-0.15, -0.1) is 0 Å². The van der Waals surface area contributed by atoms with Gasteiger partial charge in [-0.2, -0.15) is 0 Å². The molecule has 0 radical (unpaired) electrons. The topological polar surface area (TPSA) is 58.7 Å². The number of benzene rings is 1. The van der Waals surface area contributed by atoms with Gasteiger partial charge in [0.15, 0.2) is 5.76 Å². The van der Waals surface area contributed by atoms with Gasteiger partial charge in [0.2, 0.25) is 0 Å². The van der Waals surface area contributed by atoms with Crippen molar-refractivity contribution >= 4 is 22.7 Å². The first kappa shape index (κ1) is 17.4. The molecule has 1 aliphatic heterocycles. The van der Waals surface area contributed by atoms with Crippen LogP contribution in [-0.4, -0.2) is 52.4 Å². The number of carbonyl (C=O) groups excluding carboxylic acids is 2. The van der Waals surface area contributed by atoms with Gasteiger partial charge in [0.1, 0.15) is 0 Å². The fraction of sp³-hybridized carbons (Fsp3) is 0.333. The number of rotatable bonds is 2. The van der Waals surface area contributed by atoms with Crippen molar-refractivity contribution in [1.82, 2.24) is 14.4 Å². The molecule has 0 spiro atoms. The molecular formula is C21H23N3O3. The van der Waals surface area contributed by atoms with Gasteiger partial charge in [0.05, 0.1) is 11.8 Å². The molecule has 1 aromatic carbocycles. The quantitative estimate of drug-likeness (QED) is 0.701. The first-order valence-corrected chi connectivity index (χ1v) is 9.24. The van der Waals surface area contributed by atoms with E-state index in [1.165, 1.54) is 6.26 Å². The second-order valence-electron chi connectivity index (χ2n) is 6.95. The molecule has 2 aromatic heterocycles. The summed E-state index contributed by atoms with van der Waals surface area (Å²) in [5.41, 5.74) is 2.79. The third-order valence-corrected chi connectivity index (χ3v) is 5.42. The highest BCUT2D eigenvalue weighted by Crippen LogP contribution is 2.26. The summed E-state index contributed by atoms with van der Waals surface area (Å²) in [5.74, 6) is 0.270. The number of carbonyl (C=O) groups is 2. The van der Waals surface area contributed by atoms with Crippen LogP contribution in [0.15, 0.2) is 47.1 Å². The minimum atomic E-state index is -0.115. The Balaban J connectivity index is 1.56. The van der Waals surface area contributed by atoms with Crippen molar-refractivity contribution in [1.29, 1.82) is 0 Å². The molecule has 0 N–H and O–H groups in total. The first-order valence-electron chi connectivity index (χ1n) is 9.24. The highest BCUT2D eigenvalue weighted by Gasteiger charge is 2.27. The molecule has 6 nitrogen and oxygen atoms in total. The van der Waals surface area contributed by atoms with Crippen molar-refractivity contribution in [3.63, 3.8) is 0 Å². The fourth-order valence-electron chi connectivity index (χ4n) is 3.83. The van der Waals surface area contributed by atoms with E-state index in [1.807, 2.05) is 43.1 Å². The number of hydrogen-bond donors (Lipinski definition) is 0. The zero-order valence-corrected chi connectivity index (χ0v) is 15.6. The van der Waals surface area contributed by atoms with Crippen molar-refractivity contribution in [2.24, 2.45) is 7.05 Å². The molecule has 27 heavy (non-hydrogen) atoms. The summed E-state index contributed by atoms with van der Waals surface area (Å²) in [7, 11) is 1.99. The van der Waals surface area contributed by atoms with E-state index in [9.17, 15) is 9.59 Å². The Morgan fingerprint density at radius 1 is 0.926 bits per heavy atom. The second kappa shape index (κ2) is 6.95. The number of furan rings is 1. The Morgan fingerprint density at radius 3 is 2.33 bits per heavy atom. The third-order valence-electron chi connectivity index (χ3n) is 5.42. The van der Waals surface area contributed by atoms with Crippen molar-refractivity contribution < 1.29 is 14.0 Å². The zero-order valence-electron chi connectivity index (χ0n) is 15.6. The number of fused-ring (bicyclic) bond motifs is 1. The Bertz CT molecular complexity index is 988. The molecule has 1 saturated heterocycles. The zero-order chi connectivity index (χ0) is 19.0. The van der Waals surface area contributed by atoms with E-state index < -0.39 is 0 Å². The predicted octanol–water partition coefficient (Wildman–Crippen LogP) is 3.07. The summed E-state index contributed by atoms with van der Waals surface area (Å²) >= 11 is 0. The van der Waals surface area contributed by atoms with Gasteiger partial charge < -0.3 is 18.8 Å². The van der Waals surface area contributed by atoms with Crippen LogP contribution in [-0.2, 0) is 7.05 Å². The molecule has 6 heteroatoms. The van der Waals surface area contributed by atoms with E-state index in [2.05, 4.69) is 4.57 Å². The lowest BCUT2D eigenvalue weighted by molar-refractivity contribution is 0.0700. The van der Waals surface area contributed by atoms with Crippen molar-refractivity contribution in [3.8, 4) is 0 Å². The van der Waals surface area contributed by atoms with Crippen LogP contribution >= 0.6 is 0 Å². The molecule has 0 saturated carbocycles. The minimum absolute atomic E-state index is 0.0385. The van der Waals surface area contributed by atoms with Crippen molar-refractivity contribution in [2.45, 2.75) is 13.3 Å². The van der Waals surface area contributed by atoms with Crippen molar-refractivity contribution in [2.75, 3.05) is 26.2 Å². The Kier molecular flexibility index (Phi) is 4.48. The average molecular weight is 365 g/mol. The third kappa shape index (κ3) is 3.01. The largest absolute Gasteiger partial charge is 0.459 e. The van der Waals surface area contributed by atoms with Crippen LogP contribution in [0.3, 0.4) is 0 Å². The van der Waals surface area contributed by atoms with E-state index >= 15 is 0 Å². The minimum Gasteiger partial charge on any atom is -0.459 e. The Hall–Kier alpha value is -3.02. The number of aryl methyl sites for hydroxylation is 1. The average Bonchev–Trinajstić information content (AvgIpc) is 3.21. The number of para-hydroxylation sites is 1. The maximum Gasteiger partial charge on any atom is 0.289 e. The molecule has 0 bridgehead atoms.